The summed E-state index contributed by atoms with van der Waals surface area (Å²) < 4.78 is 0. The molecule has 1 saturated heterocycles. The van der Waals surface area contributed by atoms with Gasteiger partial charge in [-0.25, -0.2) is 0 Å². The van der Waals surface area contributed by atoms with Crippen LogP contribution in [0.3, 0.4) is 0 Å². The van der Waals surface area contributed by atoms with Gasteiger partial charge in [-0.1, -0.05) is 106 Å². The maximum Gasteiger partial charge on any atom is 0.0249 e. The van der Waals surface area contributed by atoms with Gasteiger partial charge in [-0.2, -0.15) is 0 Å². The highest BCUT2D eigenvalue weighted by molar-refractivity contribution is 4.98. The third-order valence-corrected chi connectivity index (χ3v) is 11.3. The molecule has 3 fully saturated rings. The van der Waals surface area contributed by atoms with E-state index in [1.54, 1.807) is 0 Å². The lowest BCUT2D eigenvalue weighted by molar-refractivity contribution is 0.152. The Morgan fingerprint density at radius 3 is 1.97 bits per heavy atom. The van der Waals surface area contributed by atoms with Crippen LogP contribution in [0.25, 0.3) is 0 Å². The van der Waals surface area contributed by atoms with Crippen molar-refractivity contribution in [2.75, 3.05) is 13.6 Å². The van der Waals surface area contributed by atoms with E-state index in [9.17, 15) is 0 Å². The third kappa shape index (κ3) is 8.52. The van der Waals surface area contributed by atoms with Crippen LogP contribution in [0.2, 0.25) is 0 Å². The first kappa shape index (κ1) is 28.5. The first-order chi connectivity index (χ1) is 16.2. The third-order valence-electron chi connectivity index (χ3n) is 11.3. The fourth-order valence-electron chi connectivity index (χ4n) is 7.87. The molecule has 0 spiro atoms. The van der Waals surface area contributed by atoms with Crippen LogP contribution in [0.5, 0.6) is 0 Å². The summed E-state index contributed by atoms with van der Waals surface area (Å²) in [7, 11) is 2.29. The summed E-state index contributed by atoms with van der Waals surface area (Å²) in [5, 5.41) is 0. The summed E-state index contributed by atoms with van der Waals surface area (Å²) in [6.07, 6.45) is 19.1. The fraction of sp³-hybridized carbons (Fsp3) is 1.00. The molecule has 2 saturated carbocycles. The molecule has 3 aliphatic rings. The SMILES string of the molecule is CCCC(C)CC(C)C1CC1C(C)C(C)CCCCCC(C)C(C)CCC1CC(C2CN2C)C1. The lowest BCUT2D eigenvalue weighted by Gasteiger charge is -2.36. The van der Waals surface area contributed by atoms with Gasteiger partial charge in [0.1, 0.15) is 0 Å². The predicted molar refractivity (Wildman–Crippen MR) is 151 cm³/mol. The molecule has 0 N–H and O–H groups in total. The van der Waals surface area contributed by atoms with Gasteiger partial charge in [-0.3, -0.25) is 0 Å². The number of rotatable bonds is 18. The van der Waals surface area contributed by atoms with Gasteiger partial charge in [0.15, 0.2) is 0 Å². The second-order valence-corrected chi connectivity index (χ2v) is 14.3. The average Bonchev–Trinajstić information content (AvgIpc) is 3.68. The zero-order valence-corrected chi connectivity index (χ0v) is 24.7. The van der Waals surface area contributed by atoms with Gasteiger partial charge in [-0.05, 0) is 91.9 Å². The van der Waals surface area contributed by atoms with Crippen molar-refractivity contribution in [2.45, 2.75) is 138 Å². The normalized spacial score (nSPS) is 35.6. The summed E-state index contributed by atoms with van der Waals surface area (Å²) in [6, 6.07) is 0.965. The number of hydrogen-bond acceptors (Lipinski definition) is 1. The zero-order valence-electron chi connectivity index (χ0n) is 24.7. The molecule has 0 bridgehead atoms. The van der Waals surface area contributed by atoms with Crippen molar-refractivity contribution in [3.63, 3.8) is 0 Å². The summed E-state index contributed by atoms with van der Waals surface area (Å²) in [6.45, 7) is 18.9. The van der Waals surface area contributed by atoms with E-state index in [1.165, 1.54) is 90.0 Å². The predicted octanol–water partition coefficient (Wildman–Crippen LogP) is 9.70. The van der Waals surface area contributed by atoms with E-state index >= 15 is 0 Å². The first-order valence-electron chi connectivity index (χ1n) is 15.9. The molecule has 200 valence electrons. The maximum atomic E-state index is 2.58. The van der Waals surface area contributed by atoms with Crippen LogP contribution < -0.4 is 0 Å². The van der Waals surface area contributed by atoms with Crippen molar-refractivity contribution >= 4 is 0 Å². The van der Waals surface area contributed by atoms with Crippen molar-refractivity contribution in [1.29, 1.82) is 0 Å². The van der Waals surface area contributed by atoms with Crippen LogP contribution in [0.4, 0.5) is 0 Å². The van der Waals surface area contributed by atoms with Crippen LogP contribution in [0.1, 0.15) is 132 Å². The molecule has 0 aromatic rings. The largest absolute Gasteiger partial charge is 0.300 e. The van der Waals surface area contributed by atoms with Crippen LogP contribution >= 0.6 is 0 Å². The Bertz CT molecular complexity index is 565. The highest BCUT2D eigenvalue weighted by atomic mass is 15.3. The Balaban J connectivity index is 1.18. The summed E-state index contributed by atoms with van der Waals surface area (Å²) >= 11 is 0. The van der Waals surface area contributed by atoms with E-state index < -0.39 is 0 Å². The minimum absolute atomic E-state index is 0.922. The van der Waals surface area contributed by atoms with Gasteiger partial charge in [0.2, 0.25) is 0 Å². The minimum Gasteiger partial charge on any atom is -0.300 e. The molecule has 10 unspecified atom stereocenters. The standard InChI is InChI=1S/C33H63N/c1-9-13-23(2)18-27(6)31-21-32(31)28(7)26(5)15-12-10-11-14-24(3)25(4)16-17-29-19-30(20-29)33-22-34(33)8/h23-33H,9-22H2,1-8H3. The highest BCUT2D eigenvalue weighted by Gasteiger charge is 2.45. The molecular formula is C33H63N. The van der Waals surface area contributed by atoms with Gasteiger partial charge < -0.3 is 4.90 Å². The number of likely N-dealkylation sites (N-methyl/N-ethyl adjacent to an activating group) is 1. The van der Waals surface area contributed by atoms with E-state index in [-0.39, 0.29) is 0 Å². The van der Waals surface area contributed by atoms with Crippen LogP contribution in [0, 0.1) is 59.2 Å². The molecule has 1 heterocycles. The van der Waals surface area contributed by atoms with Crippen molar-refractivity contribution in [3.05, 3.63) is 0 Å². The molecule has 2 aliphatic carbocycles. The van der Waals surface area contributed by atoms with E-state index in [4.69, 9.17) is 0 Å². The smallest absolute Gasteiger partial charge is 0.0249 e. The first-order valence-corrected chi connectivity index (χ1v) is 15.9. The lowest BCUT2D eigenvalue weighted by atomic mass is 9.70. The quantitative estimate of drug-likeness (QED) is 0.141. The molecule has 0 aromatic carbocycles. The molecule has 1 heteroatoms. The van der Waals surface area contributed by atoms with E-state index in [2.05, 4.69) is 60.4 Å². The van der Waals surface area contributed by atoms with Gasteiger partial charge in [0.25, 0.3) is 0 Å². The summed E-state index contributed by atoms with van der Waals surface area (Å²) in [5.74, 6) is 9.79. The fourth-order valence-corrected chi connectivity index (χ4v) is 7.87. The molecule has 3 rings (SSSR count). The van der Waals surface area contributed by atoms with E-state index in [0.717, 1.165) is 65.2 Å². The van der Waals surface area contributed by atoms with Crippen molar-refractivity contribution in [3.8, 4) is 0 Å². The van der Waals surface area contributed by atoms with Crippen molar-refractivity contribution < 1.29 is 0 Å². The summed E-state index contributed by atoms with van der Waals surface area (Å²) in [5.41, 5.74) is 0. The maximum absolute atomic E-state index is 2.58. The van der Waals surface area contributed by atoms with Gasteiger partial charge in [0, 0.05) is 12.6 Å². The van der Waals surface area contributed by atoms with Gasteiger partial charge in [0.05, 0.1) is 0 Å². The average molecular weight is 474 g/mol. The van der Waals surface area contributed by atoms with Gasteiger partial charge >= 0.3 is 0 Å². The van der Waals surface area contributed by atoms with E-state index in [0.29, 0.717) is 0 Å². The Labute approximate surface area is 215 Å². The molecule has 0 aromatic heterocycles. The topological polar surface area (TPSA) is 3.01 Å². The van der Waals surface area contributed by atoms with Crippen molar-refractivity contribution in [2.24, 2.45) is 59.2 Å². The molecular weight excluding hydrogens is 410 g/mol. The number of hydrogen-bond donors (Lipinski definition) is 0. The Morgan fingerprint density at radius 2 is 1.35 bits per heavy atom. The number of nitrogens with zero attached hydrogens (tertiary/aromatic N) is 1. The lowest BCUT2D eigenvalue weighted by Crippen LogP contribution is -2.29. The zero-order chi connectivity index (χ0) is 24.8. The highest BCUT2D eigenvalue weighted by Crippen LogP contribution is 2.53. The minimum atomic E-state index is 0.922. The Hall–Kier alpha value is -0.0400. The molecule has 1 nitrogen and oxygen atoms in total. The van der Waals surface area contributed by atoms with Crippen molar-refractivity contribution in [1.82, 2.24) is 4.90 Å². The molecule has 34 heavy (non-hydrogen) atoms. The van der Waals surface area contributed by atoms with E-state index in [1.807, 2.05) is 0 Å². The molecule has 0 radical (unpaired) electrons. The second kappa shape index (κ2) is 13.5. The Kier molecular flexibility index (Phi) is 11.3. The molecule has 10 atom stereocenters. The second-order valence-electron chi connectivity index (χ2n) is 14.3. The van der Waals surface area contributed by atoms with Gasteiger partial charge in [-0.15, -0.1) is 0 Å². The molecule has 0 amide bonds. The molecule has 1 aliphatic heterocycles. The monoisotopic (exact) mass is 473 g/mol. The Morgan fingerprint density at radius 1 is 0.735 bits per heavy atom. The van der Waals surface area contributed by atoms with Crippen LogP contribution in [0.15, 0.2) is 0 Å². The van der Waals surface area contributed by atoms with Crippen LogP contribution in [-0.4, -0.2) is 24.5 Å². The summed E-state index contributed by atoms with van der Waals surface area (Å²) in [4.78, 5) is 2.53. The number of unbranched alkanes of at least 4 members (excludes halogenated alkanes) is 2. The van der Waals surface area contributed by atoms with Crippen LogP contribution in [-0.2, 0) is 0 Å².